The molecule has 0 spiro atoms. The number of aryl methyl sites for hydroxylation is 2. The molecule has 0 fully saturated rings. The average molecular weight is 343 g/mol. The molecular formula is C19H21NO5. The molecule has 0 saturated heterocycles. The summed E-state index contributed by atoms with van der Waals surface area (Å²) in [5.74, 6) is -0.182. The summed E-state index contributed by atoms with van der Waals surface area (Å²) < 4.78 is 15.3. The van der Waals surface area contributed by atoms with Gasteiger partial charge in [-0.05, 0) is 49.2 Å². The topological polar surface area (TPSA) is 73.9 Å². The third-order valence-corrected chi connectivity index (χ3v) is 3.75. The van der Waals surface area contributed by atoms with Crippen LogP contribution in [0.3, 0.4) is 0 Å². The minimum Gasteiger partial charge on any atom is -0.497 e. The highest BCUT2D eigenvalue weighted by Gasteiger charge is 2.16. The van der Waals surface area contributed by atoms with Crippen LogP contribution in [0.1, 0.15) is 21.5 Å². The normalized spacial score (nSPS) is 10.1. The molecule has 2 aromatic rings. The van der Waals surface area contributed by atoms with E-state index in [1.807, 2.05) is 26.0 Å². The van der Waals surface area contributed by atoms with Crippen molar-refractivity contribution in [3.8, 4) is 11.5 Å². The number of anilines is 1. The van der Waals surface area contributed by atoms with Crippen molar-refractivity contribution in [2.75, 3.05) is 26.1 Å². The van der Waals surface area contributed by atoms with E-state index < -0.39 is 11.9 Å². The zero-order chi connectivity index (χ0) is 18.4. The Balaban J connectivity index is 1.97. The zero-order valence-corrected chi connectivity index (χ0v) is 14.7. The number of esters is 1. The molecule has 2 aromatic carbocycles. The highest BCUT2D eigenvalue weighted by atomic mass is 16.5. The SMILES string of the molecule is COc1ccc(C(=O)OCC(=O)Nc2ccc(C)c(C)c2)c(OC)c1. The van der Waals surface area contributed by atoms with Crippen LogP contribution in [0.2, 0.25) is 0 Å². The van der Waals surface area contributed by atoms with E-state index in [1.54, 1.807) is 18.2 Å². The molecule has 0 heterocycles. The Morgan fingerprint density at radius 3 is 2.36 bits per heavy atom. The lowest BCUT2D eigenvalue weighted by Gasteiger charge is -2.11. The minimum atomic E-state index is -0.644. The Hall–Kier alpha value is -3.02. The maximum atomic E-state index is 12.2. The van der Waals surface area contributed by atoms with Gasteiger partial charge in [-0.3, -0.25) is 4.79 Å². The number of hydrogen-bond acceptors (Lipinski definition) is 5. The van der Waals surface area contributed by atoms with Crippen LogP contribution in [0.5, 0.6) is 11.5 Å². The molecule has 0 aliphatic rings. The van der Waals surface area contributed by atoms with Gasteiger partial charge in [-0.2, -0.15) is 0 Å². The van der Waals surface area contributed by atoms with Crippen molar-refractivity contribution < 1.29 is 23.8 Å². The molecule has 0 unspecified atom stereocenters. The molecule has 0 atom stereocenters. The number of benzene rings is 2. The molecule has 132 valence electrons. The predicted octanol–water partition coefficient (Wildman–Crippen LogP) is 3.12. The van der Waals surface area contributed by atoms with Crippen LogP contribution >= 0.6 is 0 Å². The number of hydrogen-bond donors (Lipinski definition) is 1. The van der Waals surface area contributed by atoms with Gasteiger partial charge in [0, 0.05) is 11.8 Å². The number of carbonyl (C=O) groups excluding carboxylic acids is 2. The molecule has 0 saturated carbocycles. The first kappa shape index (κ1) is 18.3. The van der Waals surface area contributed by atoms with Crippen molar-refractivity contribution in [2.45, 2.75) is 13.8 Å². The summed E-state index contributed by atoms with van der Waals surface area (Å²) in [6.07, 6.45) is 0. The summed E-state index contributed by atoms with van der Waals surface area (Å²) in [6, 6.07) is 10.3. The second-order valence-electron chi connectivity index (χ2n) is 5.49. The molecule has 6 heteroatoms. The maximum absolute atomic E-state index is 12.2. The van der Waals surface area contributed by atoms with Gasteiger partial charge in [0.2, 0.25) is 0 Å². The Kier molecular flexibility index (Phi) is 6.00. The van der Waals surface area contributed by atoms with Gasteiger partial charge < -0.3 is 19.5 Å². The fourth-order valence-corrected chi connectivity index (χ4v) is 2.19. The number of methoxy groups -OCH3 is 2. The Labute approximate surface area is 146 Å². The Morgan fingerprint density at radius 2 is 1.72 bits per heavy atom. The summed E-state index contributed by atoms with van der Waals surface area (Å²) in [6.45, 7) is 3.56. The summed E-state index contributed by atoms with van der Waals surface area (Å²) >= 11 is 0. The highest BCUT2D eigenvalue weighted by molar-refractivity contribution is 5.97. The van der Waals surface area contributed by atoms with Gasteiger partial charge in [-0.1, -0.05) is 6.07 Å². The van der Waals surface area contributed by atoms with E-state index in [4.69, 9.17) is 14.2 Å². The third kappa shape index (κ3) is 4.73. The molecule has 2 rings (SSSR count). The third-order valence-electron chi connectivity index (χ3n) is 3.75. The van der Waals surface area contributed by atoms with Crippen molar-refractivity contribution in [3.05, 3.63) is 53.1 Å². The monoisotopic (exact) mass is 343 g/mol. The van der Waals surface area contributed by atoms with Crippen LogP contribution in [-0.2, 0) is 9.53 Å². The van der Waals surface area contributed by atoms with Gasteiger partial charge in [0.25, 0.3) is 5.91 Å². The second-order valence-corrected chi connectivity index (χ2v) is 5.49. The quantitative estimate of drug-likeness (QED) is 0.816. The molecule has 1 amide bonds. The van der Waals surface area contributed by atoms with Gasteiger partial charge in [-0.25, -0.2) is 4.79 Å². The van der Waals surface area contributed by atoms with Crippen molar-refractivity contribution in [2.24, 2.45) is 0 Å². The van der Waals surface area contributed by atoms with Gasteiger partial charge >= 0.3 is 5.97 Å². The summed E-state index contributed by atoms with van der Waals surface area (Å²) in [7, 11) is 2.96. The summed E-state index contributed by atoms with van der Waals surface area (Å²) in [4.78, 5) is 24.1. The van der Waals surface area contributed by atoms with E-state index in [0.717, 1.165) is 11.1 Å². The molecule has 0 aliphatic carbocycles. The molecule has 0 bridgehead atoms. The van der Waals surface area contributed by atoms with Crippen molar-refractivity contribution >= 4 is 17.6 Å². The molecule has 0 radical (unpaired) electrons. The number of amides is 1. The molecule has 25 heavy (non-hydrogen) atoms. The number of carbonyl (C=O) groups is 2. The van der Waals surface area contributed by atoms with Crippen LogP contribution in [0.15, 0.2) is 36.4 Å². The zero-order valence-electron chi connectivity index (χ0n) is 14.7. The first-order chi connectivity index (χ1) is 11.9. The van der Waals surface area contributed by atoms with Crippen molar-refractivity contribution in [3.63, 3.8) is 0 Å². The van der Waals surface area contributed by atoms with Crippen LogP contribution in [-0.4, -0.2) is 32.7 Å². The van der Waals surface area contributed by atoms with Gasteiger partial charge in [0.05, 0.1) is 14.2 Å². The molecular weight excluding hydrogens is 322 g/mol. The fraction of sp³-hybridized carbons (Fsp3) is 0.263. The van der Waals surface area contributed by atoms with Crippen LogP contribution in [0, 0.1) is 13.8 Å². The largest absolute Gasteiger partial charge is 0.497 e. The Bertz CT molecular complexity index is 785. The number of rotatable bonds is 6. The first-order valence-electron chi connectivity index (χ1n) is 7.71. The lowest BCUT2D eigenvalue weighted by molar-refractivity contribution is -0.119. The maximum Gasteiger partial charge on any atom is 0.342 e. The van der Waals surface area contributed by atoms with E-state index in [-0.39, 0.29) is 12.2 Å². The lowest BCUT2D eigenvalue weighted by atomic mass is 10.1. The molecule has 6 nitrogen and oxygen atoms in total. The van der Waals surface area contributed by atoms with Crippen molar-refractivity contribution in [1.29, 1.82) is 0 Å². The lowest BCUT2D eigenvalue weighted by Crippen LogP contribution is -2.21. The van der Waals surface area contributed by atoms with E-state index in [9.17, 15) is 9.59 Å². The molecule has 0 aliphatic heterocycles. The van der Waals surface area contributed by atoms with Crippen LogP contribution in [0.25, 0.3) is 0 Å². The van der Waals surface area contributed by atoms with Gasteiger partial charge in [0.15, 0.2) is 6.61 Å². The van der Waals surface area contributed by atoms with Gasteiger partial charge in [0.1, 0.15) is 17.1 Å². The van der Waals surface area contributed by atoms with E-state index in [1.165, 1.54) is 20.3 Å². The Morgan fingerprint density at radius 1 is 0.960 bits per heavy atom. The summed E-state index contributed by atoms with van der Waals surface area (Å²) in [5, 5.41) is 2.70. The van der Waals surface area contributed by atoms with E-state index in [2.05, 4.69) is 5.32 Å². The standard InChI is InChI=1S/C19H21NO5/c1-12-5-6-14(9-13(12)2)20-18(21)11-25-19(22)16-8-7-15(23-3)10-17(16)24-4/h5-10H,11H2,1-4H3,(H,20,21). The molecule has 1 N–H and O–H groups in total. The molecule has 0 aromatic heterocycles. The average Bonchev–Trinajstić information content (AvgIpc) is 2.62. The number of ether oxygens (including phenoxy) is 3. The van der Waals surface area contributed by atoms with E-state index in [0.29, 0.717) is 17.2 Å². The summed E-state index contributed by atoms with van der Waals surface area (Å²) in [5.41, 5.74) is 3.09. The van der Waals surface area contributed by atoms with Crippen LogP contribution in [0.4, 0.5) is 5.69 Å². The smallest absolute Gasteiger partial charge is 0.342 e. The fourth-order valence-electron chi connectivity index (χ4n) is 2.19. The second kappa shape index (κ2) is 8.19. The highest BCUT2D eigenvalue weighted by Crippen LogP contribution is 2.25. The van der Waals surface area contributed by atoms with Gasteiger partial charge in [-0.15, -0.1) is 0 Å². The van der Waals surface area contributed by atoms with Crippen LogP contribution < -0.4 is 14.8 Å². The van der Waals surface area contributed by atoms with Crippen molar-refractivity contribution in [1.82, 2.24) is 0 Å². The minimum absolute atomic E-state index is 0.224. The number of nitrogens with one attached hydrogen (secondary N) is 1. The predicted molar refractivity (Wildman–Crippen MR) is 94.4 cm³/mol. The van der Waals surface area contributed by atoms with E-state index >= 15 is 0 Å². The first-order valence-corrected chi connectivity index (χ1v) is 7.71.